The van der Waals surface area contributed by atoms with Crippen molar-refractivity contribution in [3.63, 3.8) is 0 Å². The zero-order chi connectivity index (χ0) is 30.2. The largest absolute Gasteiger partial charge is 0.456 e. The molecule has 0 atom stereocenters. The second-order valence-electron chi connectivity index (χ2n) is 12.1. The Bertz CT molecular complexity index is 2650. The van der Waals surface area contributed by atoms with Crippen molar-refractivity contribution >= 4 is 43.4 Å². The number of hydrogen-bond acceptors (Lipinski definition) is 1. The first kappa shape index (κ1) is 25.2. The quantitative estimate of drug-likeness (QED) is 0.201. The standard InChI is InChI=1S/C44H27NO/c1-2-12-32(13-3-1)45-40-27-31-11-5-4-10-30(31)26-39(40)38-18-8-15-34(44(38)45)29-22-20-28(21-23-29)33-24-25-42-43-36(33)16-9-17-37(43)35-14-6-7-19-41(35)46-42/h1-27H. The van der Waals surface area contributed by atoms with E-state index in [2.05, 4.69) is 156 Å². The Morgan fingerprint density at radius 3 is 1.87 bits per heavy atom. The van der Waals surface area contributed by atoms with Gasteiger partial charge in [-0.3, -0.25) is 0 Å². The first-order valence-electron chi connectivity index (χ1n) is 15.8. The molecular formula is C44H27NO. The Labute approximate surface area is 266 Å². The minimum atomic E-state index is 0.912. The lowest BCUT2D eigenvalue weighted by atomic mass is 9.90. The van der Waals surface area contributed by atoms with Gasteiger partial charge in [0, 0.05) is 33.0 Å². The molecule has 9 aromatic rings. The Hall–Kier alpha value is -6.12. The highest BCUT2D eigenvalue weighted by atomic mass is 16.5. The van der Waals surface area contributed by atoms with Crippen LogP contribution in [0.1, 0.15) is 0 Å². The summed E-state index contributed by atoms with van der Waals surface area (Å²) in [6.07, 6.45) is 0. The van der Waals surface area contributed by atoms with Crippen LogP contribution in [0.5, 0.6) is 11.5 Å². The van der Waals surface area contributed by atoms with E-state index >= 15 is 0 Å². The summed E-state index contributed by atoms with van der Waals surface area (Å²) in [6.45, 7) is 0. The van der Waals surface area contributed by atoms with Gasteiger partial charge in [0.05, 0.1) is 11.0 Å². The fraction of sp³-hybridized carbons (Fsp3) is 0. The number of aromatic nitrogens is 1. The fourth-order valence-corrected chi connectivity index (χ4v) is 7.49. The topological polar surface area (TPSA) is 14.2 Å². The predicted molar refractivity (Wildman–Crippen MR) is 192 cm³/mol. The molecule has 0 N–H and O–H groups in total. The summed E-state index contributed by atoms with van der Waals surface area (Å²) in [5, 5.41) is 7.41. The Morgan fingerprint density at radius 1 is 0.391 bits per heavy atom. The molecule has 10 rings (SSSR count). The number of nitrogens with zero attached hydrogens (tertiary/aromatic N) is 1. The van der Waals surface area contributed by atoms with Crippen molar-refractivity contribution in [1.29, 1.82) is 0 Å². The molecule has 0 bridgehead atoms. The number of para-hydroxylation sites is 3. The summed E-state index contributed by atoms with van der Waals surface area (Å²) in [6, 6.07) is 59.0. The highest BCUT2D eigenvalue weighted by Crippen LogP contribution is 2.48. The van der Waals surface area contributed by atoms with Crippen molar-refractivity contribution in [2.75, 3.05) is 0 Å². The normalized spacial score (nSPS) is 12.1. The number of hydrogen-bond donors (Lipinski definition) is 0. The van der Waals surface area contributed by atoms with Gasteiger partial charge in [0.15, 0.2) is 0 Å². The maximum absolute atomic E-state index is 6.35. The van der Waals surface area contributed by atoms with E-state index in [4.69, 9.17) is 4.74 Å². The average molecular weight is 586 g/mol. The van der Waals surface area contributed by atoms with Gasteiger partial charge in [-0.25, -0.2) is 0 Å². The van der Waals surface area contributed by atoms with Gasteiger partial charge < -0.3 is 9.30 Å². The summed E-state index contributed by atoms with van der Waals surface area (Å²) in [4.78, 5) is 0. The summed E-state index contributed by atoms with van der Waals surface area (Å²) in [5.74, 6) is 1.83. The Morgan fingerprint density at radius 2 is 1.04 bits per heavy atom. The third-order valence-corrected chi connectivity index (χ3v) is 9.58. The lowest BCUT2D eigenvalue weighted by Gasteiger charge is -2.22. The van der Waals surface area contributed by atoms with Crippen molar-refractivity contribution in [3.8, 4) is 50.6 Å². The van der Waals surface area contributed by atoms with Gasteiger partial charge in [-0.15, -0.1) is 0 Å². The Kier molecular flexibility index (Phi) is 5.31. The van der Waals surface area contributed by atoms with E-state index in [0.717, 1.165) is 22.7 Å². The molecule has 0 amide bonds. The third-order valence-electron chi connectivity index (χ3n) is 9.58. The van der Waals surface area contributed by atoms with Crippen LogP contribution in [-0.2, 0) is 0 Å². The van der Waals surface area contributed by atoms with Crippen LogP contribution in [0.25, 0.3) is 82.4 Å². The molecule has 0 saturated heterocycles. The highest BCUT2D eigenvalue weighted by Gasteiger charge is 2.22. The lowest BCUT2D eigenvalue weighted by Crippen LogP contribution is -1.97. The van der Waals surface area contributed by atoms with Crippen molar-refractivity contribution in [1.82, 2.24) is 4.57 Å². The maximum atomic E-state index is 6.35. The molecule has 0 aliphatic carbocycles. The molecule has 0 fully saturated rings. The Balaban J connectivity index is 1.16. The zero-order valence-corrected chi connectivity index (χ0v) is 24.9. The van der Waals surface area contributed by atoms with Crippen LogP contribution in [0.4, 0.5) is 0 Å². The second-order valence-corrected chi connectivity index (χ2v) is 12.1. The minimum absolute atomic E-state index is 0.912. The van der Waals surface area contributed by atoms with Crippen LogP contribution < -0.4 is 4.74 Å². The van der Waals surface area contributed by atoms with Gasteiger partial charge in [-0.2, -0.15) is 0 Å². The molecule has 1 aliphatic heterocycles. The number of ether oxygens (including phenoxy) is 1. The molecule has 214 valence electrons. The van der Waals surface area contributed by atoms with Crippen LogP contribution >= 0.6 is 0 Å². The van der Waals surface area contributed by atoms with Gasteiger partial charge in [0.2, 0.25) is 0 Å². The van der Waals surface area contributed by atoms with Crippen molar-refractivity contribution in [2.45, 2.75) is 0 Å². The third kappa shape index (κ3) is 3.65. The highest BCUT2D eigenvalue weighted by molar-refractivity contribution is 6.17. The fourth-order valence-electron chi connectivity index (χ4n) is 7.49. The molecular weight excluding hydrogens is 558 g/mol. The molecule has 46 heavy (non-hydrogen) atoms. The van der Waals surface area contributed by atoms with Crippen LogP contribution in [-0.4, -0.2) is 4.57 Å². The van der Waals surface area contributed by atoms with E-state index in [0.29, 0.717) is 0 Å². The predicted octanol–water partition coefficient (Wildman–Crippen LogP) is 12.2. The van der Waals surface area contributed by atoms with Crippen LogP contribution in [0, 0.1) is 0 Å². The molecule has 0 spiro atoms. The molecule has 0 saturated carbocycles. The number of fused-ring (bicyclic) bond motifs is 6. The van der Waals surface area contributed by atoms with E-state index in [9.17, 15) is 0 Å². The molecule has 1 aromatic heterocycles. The van der Waals surface area contributed by atoms with Crippen molar-refractivity contribution in [2.24, 2.45) is 0 Å². The molecule has 2 nitrogen and oxygen atoms in total. The molecule has 8 aromatic carbocycles. The van der Waals surface area contributed by atoms with Crippen LogP contribution in [0.2, 0.25) is 0 Å². The molecule has 1 aliphatic rings. The SMILES string of the molecule is c1ccc(-n2c3cc4ccccc4cc3c3cccc(-c4ccc(-c5ccc6c7c(cccc57)-c5ccccc5O6)cc4)c32)cc1. The van der Waals surface area contributed by atoms with Gasteiger partial charge in [-0.05, 0) is 74.8 Å². The van der Waals surface area contributed by atoms with Crippen molar-refractivity contribution in [3.05, 3.63) is 164 Å². The monoisotopic (exact) mass is 585 g/mol. The van der Waals surface area contributed by atoms with Crippen molar-refractivity contribution < 1.29 is 4.74 Å². The van der Waals surface area contributed by atoms with Gasteiger partial charge in [0.25, 0.3) is 0 Å². The van der Waals surface area contributed by atoms with E-state index in [-0.39, 0.29) is 0 Å². The smallest absolute Gasteiger partial charge is 0.135 e. The van der Waals surface area contributed by atoms with Gasteiger partial charge in [-0.1, -0.05) is 127 Å². The molecule has 2 heteroatoms. The molecule has 0 radical (unpaired) electrons. The van der Waals surface area contributed by atoms with Crippen LogP contribution in [0.15, 0.2) is 164 Å². The first-order chi connectivity index (χ1) is 22.8. The first-order valence-corrected chi connectivity index (χ1v) is 15.8. The van der Waals surface area contributed by atoms with E-state index in [1.807, 2.05) is 12.1 Å². The number of rotatable bonds is 3. The zero-order valence-electron chi connectivity index (χ0n) is 24.9. The summed E-state index contributed by atoms with van der Waals surface area (Å²) in [5.41, 5.74) is 10.8. The average Bonchev–Trinajstić information content (AvgIpc) is 3.45. The molecule has 2 heterocycles. The molecule has 0 unspecified atom stereocenters. The summed E-state index contributed by atoms with van der Waals surface area (Å²) in [7, 11) is 0. The van der Waals surface area contributed by atoms with E-state index in [1.165, 1.54) is 71.2 Å². The minimum Gasteiger partial charge on any atom is -0.456 e. The van der Waals surface area contributed by atoms with Gasteiger partial charge >= 0.3 is 0 Å². The number of benzene rings is 8. The second kappa shape index (κ2) is 9.69. The van der Waals surface area contributed by atoms with Gasteiger partial charge in [0.1, 0.15) is 11.5 Å². The van der Waals surface area contributed by atoms with Crippen LogP contribution in [0.3, 0.4) is 0 Å². The summed E-state index contributed by atoms with van der Waals surface area (Å²) >= 11 is 0. The maximum Gasteiger partial charge on any atom is 0.135 e. The lowest BCUT2D eigenvalue weighted by molar-refractivity contribution is 0.487. The van der Waals surface area contributed by atoms with E-state index in [1.54, 1.807) is 0 Å². The van der Waals surface area contributed by atoms with E-state index < -0.39 is 0 Å². The summed E-state index contributed by atoms with van der Waals surface area (Å²) < 4.78 is 8.79.